The van der Waals surface area contributed by atoms with Crippen molar-refractivity contribution in [1.82, 2.24) is 0 Å². The van der Waals surface area contributed by atoms with Crippen molar-refractivity contribution in [1.29, 1.82) is 0 Å². The predicted octanol–water partition coefficient (Wildman–Crippen LogP) is 3.26. The lowest BCUT2D eigenvalue weighted by molar-refractivity contribution is 0.0992. The lowest BCUT2D eigenvalue weighted by Gasteiger charge is -2.13. The van der Waals surface area contributed by atoms with Gasteiger partial charge in [0.25, 0.3) is 0 Å². The summed E-state index contributed by atoms with van der Waals surface area (Å²) in [7, 11) is -1.01. The minimum Gasteiger partial charge on any atom is -0.366 e. The van der Waals surface area contributed by atoms with E-state index in [4.69, 9.17) is 11.5 Å². The van der Waals surface area contributed by atoms with Gasteiger partial charge in [-0.1, -0.05) is 37.3 Å². The fraction of sp³-hybridized carbons (Fsp3) is 0.158. The first-order valence-corrected chi connectivity index (χ1v) is 9.07. The number of amides is 2. The van der Waals surface area contributed by atoms with E-state index in [2.05, 4.69) is 0 Å². The van der Waals surface area contributed by atoms with E-state index < -0.39 is 20.3 Å². The summed E-state index contributed by atoms with van der Waals surface area (Å²) in [6.07, 6.45) is 4.51. The SMILES string of the molecule is CCC([PH2]=O)c1cc(C(N)=O)ccc1C=Cc1ccc(C(N)=O)cc1. The molecule has 0 aliphatic heterocycles. The number of carbonyl (C=O) groups excluding carboxylic acids is 2. The first-order chi connectivity index (χ1) is 12.0. The molecule has 2 aromatic rings. The van der Waals surface area contributed by atoms with Crippen molar-refractivity contribution in [2.75, 3.05) is 0 Å². The first kappa shape index (κ1) is 18.7. The molecule has 0 aliphatic rings. The minimum atomic E-state index is -1.01. The fourth-order valence-corrected chi connectivity index (χ4v) is 3.16. The van der Waals surface area contributed by atoms with Crippen molar-refractivity contribution in [3.8, 4) is 0 Å². The summed E-state index contributed by atoms with van der Waals surface area (Å²) in [4.78, 5) is 22.5. The molecule has 0 heterocycles. The maximum absolute atomic E-state index is 11.6. The van der Waals surface area contributed by atoms with Crippen LogP contribution in [0, 0.1) is 0 Å². The van der Waals surface area contributed by atoms with Gasteiger partial charge in [-0.25, -0.2) is 0 Å². The van der Waals surface area contributed by atoms with Crippen LogP contribution in [-0.2, 0) is 4.57 Å². The molecule has 2 atom stereocenters. The molecule has 2 rings (SSSR count). The molecule has 4 N–H and O–H groups in total. The second kappa shape index (κ2) is 8.45. The lowest BCUT2D eigenvalue weighted by Crippen LogP contribution is -2.11. The molecular weight excluding hydrogens is 335 g/mol. The van der Waals surface area contributed by atoms with E-state index in [1.807, 2.05) is 25.1 Å². The molecule has 2 aromatic carbocycles. The number of hydrogen-bond donors (Lipinski definition) is 2. The molecule has 0 spiro atoms. The van der Waals surface area contributed by atoms with E-state index >= 15 is 0 Å². The summed E-state index contributed by atoms with van der Waals surface area (Å²) >= 11 is 0. The second-order valence-electron chi connectivity index (χ2n) is 5.68. The molecule has 0 fully saturated rings. The lowest BCUT2D eigenvalue weighted by atomic mass is 9.98. The predicted molar refractivity (Wildman–Crippen MR) is 102 cm³/mol. The Kier molecular flexibility index (Phi) is 6.31. The van der Waals surface area contributed by atoms with Crippen LogP contribution in [0.3, 0.4) is 0 Å². The minimum absolute atomic E-state index is 0.101. The Bertz CT molecular complexity index is 829. The van der Waals surface area contributed by atoms with E-state index in [-0.39, 0.29) is 5.66 Å². The van der Waals surface area contributed by atoms with Gasteiger partial charge in [0.05, 0.1) is 8.46 Å². The molecule has 0 saturated heterocycles. The smallest absolute Gasteiger partial charge is 0.248 e. The molecule has 2 unspecified atom stereocenters. The standard InChI is InChI=1S/C19H21N2O3P/c1-2-17(25-24)16-11-15(19(21)23)10-9-13(16)6-3-12-4-7-14(8-5-12)18(20)22/h3-11,17H,2,25H2,1H3,(H2,20,22)(H2,21,23). The van der Waals surface area contributed by atoms with Gasteiger partial charge in [-0.2, -0.15) is 0 Å². The van der Waals surface area contributed by atoms with Crippen LogP contribution in [0.2, 0.25) is 0 Å². The van der Waals surface area contributed by atoms with Gasteiger partial charge in [-0.3, -0.25) is 9.59 Å². The molecule has 2 amide bonds. The third-order valence-corrected chi connectivity index (χ3v) is 5.18. The molecular formula is C19H21N2O3P. The van der Waals surface area contributed by atoms with Gasteiger partial charge < -0.3 is 16.0 Å². The molecule has 25 heavy (non-hydrogen) atoms. The van der Waals surface area contributed by atoms with Crippen molar-refractivity contribution in [3.63, 3.8) is 0 Å². The topological polar surface area (TPSA) is 103 Å². The Morgan fingerprint density at radius 3 is 2.12 bits per heavy atom. The quantitative estimate of drug-likeness (QED) is 0.588. The van der Waals surface area contributed by atoms with E-state index in [0.717, 1.165) is 23.1 Å². The summed E-state index contributed by atoms with van der Waals surface area (Å²) in [5, 5.41) is 0. The van der Waals surface area contributed by atoms with E-state index in [0.29, 0.717) is 11.1 Å². The van der Waals surface area contributed by atoms with Crippen LogP contribution in [0.15, 0.2) is 42.5 Å². The Morgan fingerprint density at radius 2 is 1.60 bits per heavy atom. The van der Waals surface area contributed by atoms with Crippen LogP contribution >= 0.6 is 8.46 Å². The van der Waals surface area contributed by atoms with Gasteiger partial charge in [-0.05, 0) is 47.4 Å². The summed E-state index contributed by atoms with van der Waals surface area (Å²) in [5.74, 6) is -0.973. The van der Waals surface area contributed by atoms with Crippen LogP contribution in [0.4, 0.5) is 0 Å². The van der Waals surface area contributed by atoms with Crippen LogP contribution in [0.25, 0.3) is 12.2 Å². The summed E-state index contributed by atoms with van der Waals surface area (Å²) < 4.78 is 11.6. The normalized spacial score (nSPS) is 12.7. The number of benzene rings is 2. The molecule has 0 saturated carbocycles. The highest BCUT2D eigenvalue weighted by atomic mass is 31.1. The van der Waals surface area contributed by atoms with Crippen LogP contribution < -0.4 is 11.5 Å². The summed E-state index contributed by atoms with van der Waals surface area (Å²) in [6, 6.07) is 12.1. The van der Waals surface area contributed by atoms with Gasteiger partial charge in [0.15, 0.2) is 0 Å². The van der Waals surface area contributed by atoms with Crippen molar-refractivity contribution >= 4 is 32.4 Å². The van der Waals surface area contributed by atoms with Gasteiger partial charge in [0.1, 0.15) is 0 Å². The Labute approximate surface area is 147 Å². The molecule has 6 heteroatoms. The van der Waals surface area contributed by atoms with Gasteiger partial charge in [-0.15, -0.1) is 0 Å². The molecule has 5 nitrogen and oxygen atoms in total. The number of rotatable bonds is 7. The second-order valence-corrected chi connectivity index (χ2v) is 6.76. The molecule has 0 bridgehead atoms. The van der Waals surface area contributed by atoms with E-state index in [1.165, 1.54) is 0 Å². The first-order valence-electron chi connectivity index (χ1n) is 7.93. The molecule has 0 aromatic heterocycles. The van der Waals surface area contributed by atoms with Gasteiger partial charge in [0, 0.05) is 16.8 Å². The summed E-state index contributed by atoms with van der Waals surface area (Å²) in [5.41, 5.74) is 14.0. The largest absolute Gasteiger partial charge is 0.366 e. The third kappa shape index (κ3) is 4.68. The molecule has 130 valence electrons. The van der Waals surface area contributed by atoms with Crippen molar-refractivity contribution < 1.29 is 14.2 Å². The highest BCUT2D eigenvalue weighted by Gasteiger charge is 2.13. The van der Waals surface area contributed by atoms with Crippen molar-refractivity contribution in [2.24, 2.45) is 11.5 Å². The van der Waals surface area contributed by atoms with Crippen molar-refractivity contribution in [2.45, 2.75) is 19.0 Å². The highest BCUT2D eigenvalue weighted by molar-refractivity contribution is 7.24. The number of carbonyl (C=O) groups is 2. The maximum atomic E-state index is 11.6. The van der Waals surface area contributed by atoms with Crippen LogP contribution in [-0.4, -0.2) is 11.8 Å². The van der Waals surface area contributed by atoms with E-state index in [1.54, 1.807) is 36.4 Å². The third-order valence-electron chi connectivity index (χ3n) is 4.03. The average Bonchev–Trinajstić information content (AvgIpc) is 2.61. The van der Waals surface area contributed by atoms with E-state index in [9.17, 15) is 14.2 Å². The Hall–Kier alpha value is -2.65. The number of hydrogen-bond acceptors (Lipinski definition) is 3. The van der Waals surface area contributed by atoms with Crippen molar-refractivity contribution in [3.05, 3.63) is 70.3 Å². The zero-order valence-electron chi connectivity index (χ0n) is 13.9. The number of nitrogens with two attached hydrogens (primary N) is 2. The zero-order valence-corrected chi connectivity index (χ0v) is 15.1. The average molecular weight is 356 g/mol. The van der Waals surface area contributed by atoms with Gasteiger partial charge in [0.2, 0.25) is 11.8 Å². The Morgan fingerprint density at radius 1 is 1.00 bits per heavy atom. The Balaban J connectivity index is 2.38. The molecule has 0 radical (unpaired) electrons. The number of primary amides is 2. The maximum Gasteiger partial charge on any atom is 0.248 e. The van der Waals surface area contributed by atoms with Gasteiger partial charge >= 0.3 is 0 Å². The highest BCUT2D eigenvalue weighted by Crippen LogP contribution is 2.34. The molecule has 0 aliphatic carbocycles. The zero-order chi connectivity index (χ0) is 18.4. The summed E-state index contributed by atoms with van der Waals surface area (Å²) in [6.45, 7) is 1.96. The fourth-order valence-electron chi connectivity index (χ4n) is 2.53. The van der Waals surface area contributed by atoms with Crippen LogP contribution in [0.1, 0.15) is 56.4 Å². The monoisotopic (exact) mass is 356 g/mol. The van der Waals surface area contributed by atoms with Crippen LogP contribution in [0.5, 0.6) is 0 Å².